The van der Waals surface area contributed by atoms with Crippen LogP contribution in [0.5, 0.6) is 5.75 Å². The number of hydrogen-bond acceptors (Lipinski definition) is 3. The number of hydrogen-bond donors (Lipinski definition) is 0. The smallest absolute Gasteiger partial charge is 0.168 e. The van der Waals surface area contributed by atoms with Gasteiger partial charge in [-0.1, -0.05) is 34.8 Å². The lowest BCUT2D eigenvalue weighted by molar-refractivity contribution is 0.111. The third-order valence-corrected chi connectivity index (χ3v) is 3.80. The summed E-state index contributed by atoms with van der Waals surface area (Å²) in [6.07, 6.45) is 0.647. The Hall–Kier alpha value is -1.29. The Morgan fingerprint density at radius 2 is 1.84 bits per heavy atom. The van der Waals surface area contributed by atoms with E-state index in [1.54, 1.807) is 24.3 Å². The topological polar surface area (TPSA) is 39.2 Å². The van der Waals surface area contributed by atoms with Crippen molar-refractivity contribution in [1.29, 1.82) is 0 Å². The molecule has 2 aromatic rings. The summed E-state index contributed by atoms with van der Waals surface area (Å²) in [5.41, 5.74) is 1.27. The molecule has 0 saturated carbocycles. The first-order valence-corrected chi connectivity index (χ1v) is 6.36. The van der Waals surface area contributed by atoms with Gasteiger partial charge in [-0.2, -0.15) is 0 Å². The van der Waals surface area contributed by atoms with Crippen LogP contribution >= 0.6 is 34.8 Å². The largest absolute Gasteiger partial charge is 0.494 e. The second kappa shape index (κ2) is 5.78. The van der Waals surface area contributed by atoms with Crippen LogP contribution in [-0.4, -0.2) is 18.4 Å². The number of pyridine rings is 1. The summed E-state index contributed by atoms with van der Waals surface area (Å²) in [4.78, 5) is 15.0. The number of halogens is 3. The summed E-state index contributed by atoms with van der Waals surface area (Å²) in [5.74, 6) is 0.492. The number of aromatic nitrogens is 1. The van der Waals surface area contributed by atoms with Crippen LogP contribution in [0.25, 0.3) is 11.3 Å². The predicted molar refractivity (Wildman–Crippen MR) is 76.6 cm³/mol. The molecule has 98 valence electrons. The maximum absolute atomic E-state index is 10.8. The van der Waals surface area contributed by atoms with Crippen LogP contribution in [0, 0.1) is 0 Å². The van der Waals surface area contributed by atoms with Crippen molar-refractivity contribution in [3.05, 3.63) is 45.0 Å². The van der Waals surface area contributed by atoms with Gasteiger partial charge in [0.1, 0.15) is 17.1 Å². The molecule has 6 heteroatoms. The van der Waals surface area contributed by atoms with E-state index in [0.29, 0.717) is 28.3 Å². The van der Waals surface area contributed by atoms with E-state index in [4.69, 9.17) is 39.5 Å². The lowest BCUT2D eigenvalue weighted by Gasteiger charge is -2.11. The molecule has 0 radical (unpaired) electrons. The molecule has 0 aliphatic heterocycles. The number of ether oxygens (including phenoxy) is 1. The first kappa shape index (κ1) is 14.1. The van der Waals surface area contributed by atoms with Crippen molar-refractivity contribution in [3.63, 3.8) is 0 Å². The average Bonchev–Trinajstić information content (AvgIpc) is 2.44. The fourth-order valence-corrected chi connectivity index (χ4v) is 2.22. The minimum absolute atomic E-state index is 0.237. The van der Waals surface area contributed by atoms with Crippen molar-refractivity contribution in [2.75, 3.05) is 7.11 Å². The first-order chi connectivity index (χ1) is 9.08. The number of carbonyl (C=O) groups is 1. The molecule has 0 amide bonds. The van der Waals surface area contributed by atoms with Gasteiger partial charge in [-0.05, 0) is 24.3 Å². The van der Waals surface area contributed by atoms with E-state index in [9.17, 15) is 4.79 Å². The van der Waals surface area contributed by atoms with Crippen LogP contribution in [0.4, 0.5) is 0 Å². The third kappa shape index (κ3) is 2.68. The molecule has 3 nitrogen and oxygen atoms in total. The van der Waals surface area contributed by atoms with Gasteiger partial charge in [0.05, 0.1) is 22.2 Å². The van der Waals surface area contributed by atoms with E-state index < -0.39 is 0 Å². The van der Waals surface area contributed by atoms with Gasteiger partial charge in [0, 0.05) is 5.56 Å². The van der Waals surface area contributed by atoms with Crippen molar-refractivity contribution in [2.45, 2.75) is 0 Å². The SMILES string of the molecule is COc1ccc(C=O)nc1-c1ccc(Cl)c(Cl)c1Cl. The molecule has 1 aromatic heterocycles. The molecule has 0 bridgehead atoms. The maximum Gasteiger partial charge on any atom is 0.168 e. The second-order valence-electron chi connectivity index (χ2n) is 3.63. The predicted octanol–water partition coefficient (Wildman–Crippen LogP) is 4.53. The molecular weight excluding hydrogens is 309 g/mol. The Labute approximate surface area is 125 Å². The number of nitrogens with zero attached hydrogens (tertiary/aromatic N) is 1. The summed E-state index contributed by atoms with van der Waals surface area (Å²) in [7, 11) is 1.51. The highest BCUT2D eigenvalue weighted by Gasteiger charge is 2.16. The van der Waals surface area contributed by atoms with Crippen LogP contribution in [0.15, 0.2) is 24.3 Å². The number of benzene rings is 1. The van der Waals surface area contributed by atoms with Crippen LogP contribution in [-0.2, 0) is 0 Å². The molecule has 2 rings (SSSR count). The molecule has 19 heavy (non-hydrogen) atoms. The van der Waals surface area contributed by atoms with Gasteiger partial charge < -0.3 is 4.74 Å². The van der Waals surface area contributed by atoms with E-state index in [1.807, 2.05) is 0 Å². The van der Waals surface area contributed by atoms with Gasteiger partial charge in [-0.15, -0.1) is 0 Å². The molecule has 0 atom stereocenters. The zero-order valence-electron chi connectivity index (χ0n) is 9.78. The van der Waals surface area contributed by atoms with E-state index in [1.165, 1.54) is 7.11 Å². The molecule has 0 unspecified atom stereocenters. The van der Waals surface area contributed by atoms with Crippen LogP contribution < -0.4 is 4.74 Å². The van der Waals surface area contributed by atoms with Gasteiger partial charge in [-0.25, -0.2) is 4.98 Å². The lowest BCUT2D eigenvalue weighted by Crippen LogP contribution is -1.96. The van der Waals surface area contributed by atoms with E-state index in [2.05, 4.69) is 4.98 Å². The molecule has 0 spiro atoms. The van der Waals surface area contributed by atoms with Crippen LogP contribution in [0.1, 0.15) is 10.5 Å². The zero-order valence-corrected chi connectivity index (χ0v) is 12.1. The fourth-order valence-electron chi connectivity index (χ4n) is 1.59. The maximum atomic E-state index is 10.8. The Morgan fingerprint density at radius 1 is 1.11 bits per heavy atom. The van der Waals surface area contributed by atoms with Crippen molar-refractivity contribution < 1.29 is 9.53 Å². The van der Waals surface area contributed by atoms with E-state index >= 15 is 0 Å². The van der Waals surface area contributed by atoms with Crippen LogP contribution in [0.2, 0.25) is 15.1 Å². The molecule has 0 aliphatic carbocycles. The highest BCUT2D eigenvalue weighted by molar-refractivity contribution is 6.49. The molecule has 1 heterocycles. The summed E-state index contributed by atoms with van der Waals surface area (Å²) in [5, 5.41) is 0.852. The molecule has 0 fully saturated rings. The summed E-state index contributed by atoms with van der Waals surface area (Å²) in [6, 6.07) is 6.49. The normalized spacial score (nSPS) is 10.3. The molecule has 1 aromatic carbocycles. The molecule has 0 N–H and O–H groups in total. The monoisotopic (exact) mass is 315 g/mol. The number of rotatable bonds is 3. The second-order valence-corrected chi connectivity index (χ2v) is 4.79. The number of methoxy groups -OCH3 is 1. The molecule has 0 aliphatic rings. The third-order valence-electron chi connectivity index (χ3n) is 2.51. The Kier molecular flexibility index (Phi) is 4.30. The van der Waals surface area contributed by atoms with Gasteiger partial charge in [0.2, 0.25) is 0 Å². The van der Waals surface area contributed by atoms with E-state index in [0.717, 1.165) is 0 Å². The van der Waals surface area contributed by atoms with Gasteiger partial charge in [0.15, 0.2) is 6.29 Å². The number of aldehydes is 1. The fraction of sp³-hybridized carbons (Fsp3) is 0.0769. The molecule has 0 saturated heterocycles. The zero-order chi connectivity index (χ0) is 14.0. The standard InChI is InChI=1S/C13H8Cl3NO2/c1-19-10-5-2-7(6-18)17-13(10)8-3-4-9(14)12(16)11(8)15/h2-6H,1H3. The van der Waals surface area contributed by atoms with Crippen molar-refractivity contribution in [3.8, 4) is 17.0 Å². The lowest BCUT2D eigenvalue weighted by atomic mass is 10.1. The van der Waals surface area contributed by atoms with Gasteiger partial charge in [-0.3, -0.25) is 4.79 Å². The minimum Gasteiger partial charge on any atom is -0.494 e. The van der Waals surface area contributed by atoms with Crippen molar-refractivity contribution in [2.24, 2.45) is 0 Å². The first-order valence-electron chi connectivity index (χ1n) is 5.22. The van der Waals surface area contributed by atoms with Gasteiger partial charge >= 0.3 is 0 Å². The summed E-state index contributed by atoms with van der Waals surface area (Å²) < 4.78 is 5.21. The van der Waals surface area contributed by atoms with Crippen LogP contribution in [0.3, 0.4) is 0 Å². The number of carbonyl (C=O) groups excluding carboxylic acids is 1. The Balaban J connectivity index is 2.70. The van der Waals surface area contributed by atoms with Gasteiger partial charge in [0.25, 0.3) is 0 Å². The quantitative estimate of drug-likeness (QED) is 0.617. The van der Waals surface area contributed by atoms with E-state index in [-0.39, 0.29) is 15.7 Å². The highest BCUT2D eigenvalue weighted by Crippen LogP contribution is 2.40. The Morgan fingerprint density at radius 3 is 2.47 bits per heavy atom. The minimum atomic E-state index is 0.237. The van der Waals surface area contributed by atoms with Crippen molar-refractivity contribution in [1.82, 2.24) is 4.98 Å². The average molecular weight is 317 g/mol. The summed E-state index contributed by atoms with van der Waals surface area (Å²) in [6.45, 7) is 0. The summed E-state index contributed by atoms with van der Waals surface area (Å²) >= 11 is 18.0. The van der Waals surface area contributed by atoms with Crippen molar-refractivity contribution >= 4 is 41.1 Å². The highest BCUT2D eigenvalue weighted by atomic mass is 35.5. The molecular formula is C13H8Cl3NO2. The Bertz CT molecular complexity index is 644.